The van der Waals surface area contributed by atoms with E-state index in [2.05, 4.69) is 26.3 Å². The van der Waals surface area contributed by atoms with Gasteiger partial charge in [-0.2, -0.15) is 4.98 Å². The first-order chi connectivity index (χ1) is 19.6. The van der Waals surface area contributed by atoms with Crippen molar-refractivity contribution >= 4 is 34.9 Å². The molecule has 41 heavy (non-hydrogen) atoms. The van der Waals surface area contributed by atoms with Crippen molar-refractivity contribution in [1.82, 2.24) is 14.9 Å². The molecule has 1 aliphatic rings. The highest BCUT2D eigenvalue weighted by atomic mass is 16.3. The molecule has 0 saturated carbocycles. The van der Waals surface area contributed by atoms with Gasteiger partial charge in [0.05, 0.1) is 12.6 Å². The number of carbonyl (C=O) groups excluding carboxylic acids is 3. The topological polar surface area (TPSA) is 180 Å². The molecule has 4 rings (SSSR count). The van der Waals surface area contributed by atoms with Crippen molar-refractivity contribution in [2.75, 3.05) is 29.1 Å². The van der Waals surface area contributed by atoms with Gasteiger partial charge >= 0.3 is 5.69 Å². The van der Waals surface area contributed by atoms with Crippen LogP contribution in [-0.4, -0.2) is 57.1 Å². The van der Waals surface area contributed by atoms with Crippen LogP contribution in [0.1, 0.15) is 42.1 Å². The van der Waals surface area contributed by atoms with Gasteiger partial charge in [0, 0.05) is 29.7 Å². The van der Waals surface area contributed by atoms with E-state index in [1.165, 1.54) is 35.8 Å². The van der Waals surface area contributed by atoms with Crippen molar-refractivity contribution in [3.05, 3.63) is 82.4 Å². The Kier molecular flexibility index (Phi) is 9.61. The third-order valence-electron chi connectivity index (χ3n) is 6.83. The SMILES string of the molecule is C[C@](N)(CO)C(=O)Nc1ccc(C(=O)Nc2ccn(CCCc3ccc(NC(=O)C4CCCN4)cc3)c(=O)n2)cc1. The highest BCUT2D eigenvalue weighted by Crippen LogP contribution is 2.15. The Labute approximate surface area is 237 Å². The van der Waals surface area contributed by atoms with Crippen LogP contribution < -0.4 is 32.7 Å². The maximum Gasteiger partial charge on any atom is 0.349 e. The summed E-state index contributed by atoms with van der Waals surface area (Å²) in [6.07, 6.45) is 4.89. The number of aromatic nitrogens is 2. The predicted molar refractivity (Wildman–Crippen MR) is 156 cm³/mol. The van der Waals surface area contributed by atoms with Crippen molar-refractivity contribution in [1.29, 1.82) is 0 Å². The Morgan fingerprint density at radius 1 is 1.05 bits per heavy atom. The number of aliphatic hydroxyl groups excluding tert-OH is 1. The number of rotatable bonds is 11. The number of hydrogen-bond acceptors (Lipinski definition) is 8. The van der Waals surface area contributed by atoms with Crippen molar-refractivity contribution in [3.8, 4) is 0 Å². The van der Waals surface area contributed by atoms with Gasteiger partial charge in [0.2, 0.25) is 11.8 Å². The Bertz CT molecular complexity index is 1430. The molecule has 1 saturated heterocycles. The largest absolute Gasteiger partial charge is 0.394 e. The van der Waals surface area contributed by atoms with Gasteiger partial charge in [-0.3, -0.25) is 19.0 Å². The average Bonchev–Trinajstić information content (AvgIpc) is 3.51. The summed E-state index contributed by atoms with van der Waals surface area (Å²) >= 11 is 0. The zero-order valence-corrected chi connectivity index (χ0v) is 22.9. The molecule has 0 radical (unpaired) electrons. The van der Waals surface area contributed by atoms with Crippen molar-refractivity contribution < 1.29 is 19.5 Å². The third kappa shape index (κ3) is 8.07. The second-order valence-electron chi connectivity index (χ2n) is 10.3. The first kappa shape index (κ1) is 29.6. The normalized spacial score (nSPS) is 16.0. The van der Waals surface area contributed by atoms with Gasteiger partial charge in [0.1, 0.15) is 11.4 Å². The molecule has 1 aromatic heterocycles. The molecular formula is C29H35N7O5. The number of hydrogen-bond donors (Lipinski definition) is 6. The lowest BCUT2D eigenvalue weighted by atomic mass is 10.0. The van der Waals surface area contributed by atoms with E-state index in [0.29, 0.717) is 24.2 Å². The standard InChI is InChI=1S/C29H35N7O5/c1-29(30,18-37)27(40)33-22-12-8-20(9-13-22)25(38)34-24-14-17-36(28(41)35-24)16-3-4-19-6-10-21(11-7-19)32-26(39)23-5-2-15-31-23/h6-14,17,23,31,37H,2-5,15-16,18,30H2,1H3,(H,32,39)(H,33,40)(H,34,35,38,41)/t23?,29-/m0/s1. The van der Waals surface area contributed by atoms with Crippen molar-refractivity contribution in [3.63, 3.8) is 0 Å². The van der Waals surface area contributed by atoms with Crippen LogP contribution in [0.5, 0.6) is 0 Å². The summed E-state index contributed by atoms with van der Waals surface area (Å²) < 4.78 is 1.48. The molecule has 1 aliphatic heterocycles. The zero-order chi connectivity index (χ0) is 29.4. The molecule has 1 fully saturated rings. The third-order valence-corrected chi connectivity index (χ3v) is 6.83. The molecule has 2 aromatic carbocycles. The molecule has 0 aliphatic carbocycles. The quantitative estimate of drug-likeness (QED) is 0.204. The molecule has 3 amide bonds. The number of aliphatic hydroxyl groups is 1. The maximum absolute atomic E-state index is 12.6. The summed E-state index contributed by atoms with van der Waals surface area (Å²) in [5, 5.41) is 20.5. The van der Waals surface area contributed by atoms with Crippen molar-refractivity contribution in [2.45, 2.75) is 50.7 Å². The summed E-state index contributed by atoms with van der Waals surface area (Å²) in [7, 11) is 0. The zero-order valence-electron chi connectivity index (χ0n) is 22.9. The van der Waals surface area contributed by atoms with E-state index in [4.69, 9.17) is 5.73 Å². The van der Waals surface area contributed by atoms with Gasteiger partial charge in [0.25, 0.3) is 5.91 Å². The highest BCUT2D eigenvalue weighted by molar-refractivity contribution is 6.04. The van der Waals surface area contributed by atoms with E-state index in [1.54, 1.807) is 12.3 Å². The molecule has 216 valence electrons. The number of nitrogens with two attached hydrogens (primary N) is 1. The minimum Gasteiger partial charge on any atom is -0.394 e. The summed E-state index contributed by atoms with van der Waals surface area (Å²) in [4.78, 5) is 53.4. The van der Waals surface area contributed by atoms with Crippen LogP contribution in [0.15, 0.2) is 65.6 Å². The Balaban J connectivity index is 1.24. The van der Waals surface area contributed by atoms with Crippen LogP contribution >= 0.6 is 0 Å². The van der Waals surface area contributed by atoms with E-state index in [0.717, 1.165) is 37.1 Å². The van der Waals surface area contributed by atoms with Crippen molar-refractivity contribution in [2.24, 2.45) is 5.73 Å². The van der Waals surface area contributed by atoms with Crippen LogP contribution in [0.25, 0.3) is 0 Å². The van der Waals surface area contributed by atoms with Gasteiger partial charge < -0.3 is 32.1 Å². The molecule has 2 heterocycles. The number of amides is 3. The Morgan fingerprint density at radius 3 is 2.37 bits per heavy atom. The molecule has 0 bridgehead atoms. The van der Waals surface area contributed by atoms with Gasteiger partial charge in [0.15, 0.2) is 0 Å². The van der Waals surface area contributed by atoms with Gasteiger partial charge in [-0.1, -0.05) is 12.1 Å². The number of carbonyl (C=O) groups is 3. The number of nitrogens with one attached hydrogen (secondary N) is 4. The predicted octanol–water partition coefficient (Wildman–Crippen LogP) is 1.47. The lowest BCUT2D eigenvalue weighted by Crippen LogP contribution is -2.51. The molecule has 2 atom stereocenters. The monoisotopic (exact) mass is 561 g/mol. The molecule has 1 unspecified atom stereocenters. The Morgan fingerprint density at radius 2 is 1.73 bits per heavy atom. The number of nitrogens with zero attached hydrogens (tertiary/aromatic N) is 2. The summed E-state index contributed by atoms with van der Waals surface area (Å²) in [5.74, 6) is -0.913. The first-order valence-electron chi connectivity index (χ1n) is 13.5. The second-order valence-corrected chi connectivity index (χ2v) is 10.3. The van der Waals surface area contributed by atoms with E-state index in [-0.39, 0.29) is 17.8 Å². The van der Waals surface area contributed by atoms with E-state index < -0.39 is 29.6 Å². The Hall–Kier alpha value is -4.39. The lowest BCUT2D eigenvalue weighted by Gasteiger charge is -2.20. The fraction of sp³-hybridized carbons (Fsp3) is 0.345. The lowest BCUT2D eigenvalue weighted by molar-refractivity contribution is -0.122. The number of anilines is 3. The second kappa shape index (κ2) is 13.3. The van der Waals surface area contributed by atoms with Crippen LogP contribution in [0, 0.1) is 0 Å². The first-order valence-corrected chi connectivity index (χ1v) is 13.5. The van der Waals surface area contributed by atoms with Gasteiger partial charge in [-0.05, 0) is 87.2 Å². The average molecular weight is 562 g/mol. The van der Waals surface area contributed by atoms with E-state index in [1.807, 2.05) is 24.3 Å². The molecular weight excluding hydrogens is 526 g/mol. The summed E-state index contributed by atoms with van der Waals surface area (Å²) in [5.41, 5.74) is 6.35. The highest BCUT2D eigenvalue weighted by Gasteiger charge is 2.27. The van der Waals surface area contributed by atoms with Gasteiger partial charge in [-0.25, -0.2) is 4.79 Å². The van der Waals surface area contributed by atoms with Crippen LogP contribution in [0.2, 0.25) is 0 Å². The van der Waals surface area contributed by atoms with E-state index in [9.17, 15) is 24.3 Å². The van der Waals surface area contributed by atoms with E-state index >= 15 is 0 Å². The number of aryl methyl sites for hydroxylation is 2. The van der Waals surface area contributed by atoms with Crippen LogP contribution in [-0.2, 0) is 22.6 Å². The molecule has 0 spiro atoms. The maximum atomic E-state index is 12.6. The minimum absolute atomic E-state index is 0.0138. The van der Waals surface area contributed by atoms with Crippen LogP contribution in [0.3, 0.4) is 0 Å². The van der Waals surface area contributed by atoms with Gasteiger partial charge in [-0.15, -0.1) is 0 Å². The fourth-order valence-electron chi connectivity index (χ4n) is 4.25. The summed E-state index contributed by atoms with van der Waals surface area (Å²) in [6, 6.07) is 15.2. The van der Waals surface area contributed by atoms with Crippen LogP contribution in [0.4, 0.5) is 17.2 Å². The fourth-order valence-corrected chi connectivity index (χ4v) is 4.25. The molecule has 7 N–H and O–H groups in total. The molecule has 12 heteroatoms. The minimum atomic E-state index is -1.43. The molecule has 12 nitrogen and oxygen atoms in total. The molecule has 3 aromatic rings. The summed E-state index contributed by atoms with van der Waals surface area (Å²) in [6.45, 7) is 2.22. The number of benzene rings is 2. The smallest absolute Gasteiger partial charge is 0.349 e.